The number of sulfonamides is 1. The topological polar surface area (TPSA) is 105 Å². The third-order valence-corrected chi connectivity index (χ3v) is 7.45. The molecule has 0 radical (unpaired) electrons. The number of nitrogens with one attached hydrogen (secondary N) is 2. The Morgan fingerprint density at radius 1 is 1.09 bits per heavy atom. The smallest absolute Gasteiger partial charge is 0.313 e. The van der Waals surface area contributed by atoms with Crippen molar-refractivity contribution >= 4 is 27.5 Å². The van der Waals surface area contributed by atoms with E-state index in [9.17, 15) is 18.0 Å². The molecule has 0 saturated carbocycles. The molecule has 1 heterocycles. The lowest BCUT2D eigenvalue weighted by molar-refractivity contribution is -0.136. The van der Waals surface area contributed by atoms with Gasteiger partial charge in [0.05, 0.1) is 12.0 Å². The Hall–Kier alpha value is -2.91. The van der Waals surface area contributed by atoms with Crippen molar-refractivity contribution in [1.82, 2.24) is 9.62 Å². The van der Waals surface area contributed by atoms with Gasteiger partial charge in [0, 0.05) is 24.8 Å². The SMILES string of the molecule is COc1ccc(S(=O)(=O)N2CCCC[C@@H]2CCNC(=O)C(=O)Nc2cccc(C)c2)cc1. The molecule has 8 nitrogen and oxygen atoms in total. The van der Waals surface area contributed by atoms with Gasteiger partial charge in [0.15, 0.2) is 0 Å². The van der Waals surface area contributed by atoms with E-state index in [1.807, 2.05) is 13.0 Å². The summed E-state index contributed by atoms with van der Waals surface area (Å²) in [6.45, 7) is 2.53. The number of carbonyl (C=O) groups is 2. The molecule has 1 aliphatic heterocycles. The van der Waals surface area contributed by atoms with Gasteiger partial charge in [-0.15, -0.1) is 0 Å². The molecule has 0 bridgehead atoms. The summed E-state index contributed by atoms with van der Waals surface area (Å²) in [5, 5.41) is 5.17. The second kappa shape index (κ2) is 10.6. The van der Waals surface area contributed by atoms with Crippen LogP contribution in [0.25, 0.3) is 0 Å². The van der Waals surface area contributed by atoms with Crippen molar-refractivity contribution in [3.8, 4) is 5.75 Å². The number of amides is 2. The molecule has 0 unspecified atom stereocenters. The van der Waals surface area contributed by atoms with Crippen molar-refractivity contribution in [1.29, 1.82) is 0 Å². The zero-order valence-corrected chi connectivity index (χ0v) is 19.2. The lowest BCUT2D eigenvalue weighted by atomic mass is 10.0. The van der Waals surface area contributed by atoms with Crippen LogP contribution in [0.1, 0.15) is 31.2 Å². The first kappa shape index (κ1) is 23.7. The van der Waals surface area contributed by atoms with Crippen LogP contribution in [-0.4, -0.2) is 50.8 Å². The van der Waals surface area contributed by atoms with E-state index in [-0.39, 0.29) is 17.5 Å². The van der Waals surface area contributed by atoms with E-state index in [0.29, 0.717) is 30.8 Å². The van der Waals surface area contributed by atoms with Crippen LogP contribution in [0.4, 0.5) is 5.69 Å². The van der Waals surface area contributed by atoms with Gasteiger partial charge in [0.25, 0.3) is 0 Å². The molecule has 3 rings (SSSR count). The fourth-order valence-electron chi connectivity index (χ4n) is 3.81. The summed E-state index contributed by atoms with van der Waals surface area (Å²) in [5.74, 6) is -0.903. The molecule has 0 spiro atoms. The van der Waals surface area contributed by atoms with E-state index in [2.05, 4.69) is 10.6 Å². The number of hydrogen-bond donors (Lipinski definition) is 2. The number of piperidine rings is 1. The number of nitrogens with zero attached hydrogens (tertiary/aromatic N) is 1. The lowest BCUT2D eigenvalue weighted by Gasteiger charge is -2.34. The largest absolute Gasteiger partial charge is 0.497 e. The fourth-order valence-corrected chi connectivity index (χ4v) is 5.53. The molecule has 0 aromatic heterocycles. The molecule has 2 amide bonds. The standard InChI is InChI=1S/C23H29N3O5S/c1-17-6-5-7-18(16-17)25-23(28)22(27)24-14-13-19-8-3-4-15-26(19)32(29,30)21-11-9-20(31-2)10-12-21/h5-7,9-12,16,19H,3-4,8,13-15H2,1-2H3,(H,24,27)(H,25,28)/t19-/m1/s1. The Kier molecular flexibility index (Phi) is 7.87. The molecule has 1 atom stereocenters. The van der Waals surface area contributed by atoms with Gasteiger partial charge in [-0.25, -0.2) is 8.42 Å². The van der Waals surface area contributed by atoms with Crippen molar-refractivity contribution in [2.45, 2.75) is 43.5 Å². The molecule has 2 aromatic rings. The second-order valence-corrected chi connectivity index (χ2v) is 9.70. The summed E-state index contributed by atoms with van der Waals surface area (Å²) >= 11 is 0. The molecule has 1 saturated heterocycles. The van der Waals surface area contributed by atoms with Crippen LogP contribution >= 0.6 is 0 Å². The molecular weight excluding hydrogens is 430 g/mol. The predicted octanol–water partition coefficient (Wildman–Crippen LogP) is 2.69. The fraction of sp³-hybridized carbons (Fsp3) is 0.391. The summed E-state index contributed by atoms with van der Waals surface area (Å²) in [7, 11) is -2.13. The monoisotopic (exact) mass is 459 g/mol. The van der Waals surface area contributed by atoms with Crippen LogP contribution < -0.4 is 15.4 Å². The molecule has 32 heavy (non-hydrogen) atoms. The van der Waals surface area contributed by atoms with Gasteiger partial charge < -0.3 is 15.4 Å². The van der Waals surface area contributed by atoms with Crippen molar-refractivity contribution in [3.05, 3.63) is 54.1 Å². The first-order valence-electron chi connectivity index (χ1n) is 10.6. The number of methoxy groups -OCH3 is 1. The number of benzene rings is 2. The van der Waals surface area contributed by atoms with Crippen LogP contribution in [0.5, 0.6) is 5.75 Å². The highest BCUT2D eigenvalue weighted by Crippen LogP contribution is 2.27. The Morgan fingerprint density at radius 3 is 2.53 bits per heavy atom. The van der Waals surface area contributed by atoms with Gasteiger partial charge in [-0.2, -0.15) is 4.31 Å². The lowest BCUT2D eigenvalue weighted by Crippen LogP contribution is -2.45. The molecule has 2 aromatic carbocycles. The van der Waals surface area contributed by atoms with Crippen molar-refractivity contribution in [2.24, 2.45) is 0 Å². The van der Waals surface area contributed by atoms with Crippen LogP contribution in [-0.2, 0) is 19.6 Å². The first-order chi connectivity index (χ1) is 15.3. The summed E-state index contributed by atoms with van der Waals surface area (Å²) in [6.07, 6.45) is 2.85. The Balaban J connectivity index is 1.57. The van der Waals surface area contributed by atoms with E-state index in [1.165, 1.54) is 23.5 Å². The van der Waals surface area contributed by atoms with Gasteiger partial charge >= 0.3 is 11.8 Å². The Morgan fingerprint density at radius 2 is 1.84 bits per heavy atom. The van der Waals surface area contributed by atoms with E-state index in [1.54, 1.807) is 30.3 Å². The highest BCUT2D eigenvalue weighted by Gasteiger charge is 2.33. The highest BCUT2D eigenvalue weighted by atomic mass is 32.2. The number of aryl methyl sites for hydroxylation is 1. The van der Waals surface area contributed by atoms with E-state index in [0.717, 1.165) is 18.4 Å². The third-order valence-electron chi connectivity index (χ3n) is 5.48. The maximum atomic E-state index is 13.2. The number of ether oxygens (including phenoxy) is 1. The van der Waals surface area contributed by atoms with Crippen LogP contribution in [0.15, 0.2) is 53.4 Å². The minimum absolute atomic E-state index is 0.208. The number of anilines is 1. The minimum atomic E-state index is -3.66. The minimum Gasteiger partial charge on any atom is -0.497 e. The summed E-state index contributed by atoms with van der Waals surface area (Å²) < 4.78 is 33.0. The summed E-state index contributed by atoms with van der Waals surface area (Å²) in [4.78, 5) is 24.5. The van der Waals surface area contributed by atoms with E-state index >= 15 is 0 Å². The maximum absolute atomic E-state index is 13.2. The second-order valence-electron chi connectivity index (χ2n) is 7.81. The number of rotatable bonds is 7. The van der Waals surface area contributed by atoms with Gasteiger partial charge in [-0.3, -0.25) is 9.59 Å². The maximum Gasteiger partial charge on any atom is 0.313 e. The Bertz CT molecular complexity index is 1050. The summed E-state index contributed by atoms with van der Waals surface area (Å²) in [6, 6.07) is 13.3. The normalized spacial score (nSPS) is 16.9. The molecule has 1 fully saturated rings. The van der Waals surface area contributed by atoms with Crippen LogP contribution in [0.2, 0.25) is 0 Å². The molecule has 9 heteroatoms. The van der Waals surface area contributed by atoms with Gasteiger partial charge in [0.1, 0.15) is 5.75 Å². The zero-order valence-electron chi connectivity index (χ0n) is 18.3. The van der Waals surface area contributed by atoms with E-state index < -0.39 is 21.8 Å². The molecule has 172 valence electrons. The number of carbonyl (C=O) groups excluding carboxylic acids is 2. The molecule has 2 N–H and O–H groups in total. The Labute approximate surface area is 189 Å². The molecule has 0 aliphatic carbocycles. The van der Waals surface area contributed by atoms with E-state index in [4.69, 9.17) is 4.74 Å². The van der Waals surface area contributed by atoms with Gasteiger partial charge in [-0.1, -0.05) is 18.6 Å². The quantitative estimate of drug-likeness (QED) is 0.620. The van der Waals surface area contributed by atoms with Crippen LogP contribution in [0, 0.1) is 6.92 Å². The van der Waals surface area contributed by atoms with Gasteiger partial charge in [0.2, 0.25) is 10.0 Å². The highest BCUT2D eigenvalue weighted by molar-refractivity contribution is 7.89. The third kappa shape index (κ3) is 5.86. The first-order valence-corrected chi connectivity index (χ1v) is 12.1. The van der Waals surface area contributed by atoms with Crippen molar-refractivity contribution < 1.29 is 22.7 Å². The number of hydrogen-bond acceptors (Lipinski definition) is 5. The molecule has 1 aliphatic rings. The average molecular weight is 460 g/mol. The average Bonchev–Trinajstić information content (AvgIpc) is 2.79. The predicted molar refractivity (Wildman–Crippen MR) is 122 cm³/mol. The van der Waals surface area contributed by atoms with Crippen molar-refractivity contribution in [3.63, 3.8) is 0 Å². The summed E-state index contributed by atoms with van der Waals surface area (Å²) in [5.41, 5.74) is 1.52. The molecular formula is C23H29N3O5S. The van der Waals surface area contributed by atoms with Crippen molar-refractivity contribution in [2.75, 3.05) is 25.5 Å². The zero-order chi connectivity index (χ0) is 23.1. The van der Waals surface area contributed by atoms with Gasteiger partial charge in [-0.05, 0) is 68.1 Å². The van der Waals surface area contributed by atoms with Crippen LogP contribution in [0.3, 0.4) is 0 Å².